The molecule has 1 saturated heterocycles. The van der Waals surface area contributed by atoms with Gasteiger partial charge in [-0.05, 0) is 40.7 Å². The van der Waals surface area contributed by atoms with E-state index >= 15 is 0 Å². The van der Waals surface area contributed by atoms with E-state index in [0.29, 0.717) is 36.6 Å². The van der Waals surface area contributed by atoms with Crippen LogP contribution in [0.3, 0.4) is 0 Å². The standard InChI is InChI=1S/C18H24Cl2FNO3/c1-6-24-16-12(10(2)19)7-13(20)15(21)14(16)11-8-22(9-11)17(23)25-18(3,4)5/h7,10-11H,6,8-9H2,1-5H3/t10-/m1/s1. The molecule has 2 rings (SSSR count). The van der Waals surface area contributed by atoms with Crippen molar-refractivity contribution in [1.82, 2.24) is 4.90 Å². The summed E-state index contributed by atoms with van der Waals surface area (Å²) in [5.41, 5.74) is 0.471. The van der Waals surface area contributed by atoms with Gasteiger partial charge in [0, 0.05) is 30.1 Å². The molecule has 1 aromatic rings. The van der Waals surface area contributed by atoms with Crippen molar-refractivity contribution in [3.05, 3.63) is 28.0 Å². The number of benzene rings is 1. The second kappa shape index (κ2) is 7.58. The van der Waals surface area contributed by atoms with Gasteiger partial charge in [-0.1, -0.05) is 11.6 Å². The van der Waals surface area contributed by atoms with E-state index in [1.54, 1.807) is 27.7 Å². The lowest BCUT2D eigenvalue weighted by Crippen LogP contribution is -2.50. The summed E-state index contributed by atoms with van der Waals surface area (Å²) in [4.78, 5) is 13.6. The topological polar surface area (TPSA) is 38.8 Å². The third kappa shape index (κ3) is 4.50. The molecule has 0 N–H and O–H groups in total. The Morgan fingerprint density at radius 2 is 2.04 bits per heavy atom. The van der Waals surface area contributed by atoms with Crippen LogP contribution in [-0.4, -0.2) is 36.3 Å². The molecule has 0 bridgehead atoms. The van der Waals surface area contributed by atoms with Gasteiger partial charge in [-0.2, -0.15) is 0 Å². The molecule has 1 atom stereocenters. The highest BCUT2D eigenvalue weighted by Crippen LogP contribution is 2.44. The number of ether oxygens (including phenoxy) is 2. The first-order valence-electron chi connectivity index (χ1n) is 8.31. The van der Waals surface area contributed by atoms with Crippen LogP contribution >= 0.6 is 23.2 Å². The van der Waals surface area contributed by atoms with Gasteiger partial charge in [-0.25, -0.2) is 9.18 Å². The molecule has 25 heavy (non-hydrogen) atoms. The molecule has 1 heterocycles. The predicted molar refractivity (Wildman–Crippen MR) is 97.4 cm³/mol. The Morgan fingerprint density at radius 3 is 2.52 bits per heavy atom. The van der Waals surface area contributed by atoms with E-state index in [1.807, 2.05) is 6.92 Å². The molecule has 140 valence electrons. The number of amides is 1. The van der Waals surface area contributed by atoms with Crippen molar-refractivity contribution < 1.29 is 18.7 Å². The summed E-state index contributed by atoms with van der Waals surface area (Å²) in [7, 11) is 0. The molecule has 1 aromatic carbocycles. The van der Waals surface area contributed by atoms with Crippen LogP contribution in [0.15, 0.2) is 6.07 Å². The van der Waals surface area contributed by atoms with E-state index < -0.39 is 17.5 Å². The molecule has 7 heteroatoms. The van der Waals surface area contributed by atoms with Gasteiger partial charge in [-0.3, -0.25) is 0 Å². The van der Waals surface area contributed by atoms with Crippen LogP contribution in [0.1, 0.15) is 57.0 Å². The molecular formula is C18H24Cl2FNO3. The van der Waals surface area contributed by atoms with Crippen LogP contribution < -0.4 is 4.74 Å². The normalized spacial score (nSPS) is 16.4. The van der Waals surface area contributed by atoms with Gasteiger partial charge in [0.1, 0.15) is 17.2 Å². The molecule has 0 spiro atoms. The Bertz CT molecular complexity index is 653. The van der Waals surface area contributed by atoms with Crippen molar-refractivity contribution >= 4 is 29.3 Å². The number of halogens is 3. The molecule has 1 aliphatic rings. The minimum absolute atomic E-state index is 0.0108. The third-order valence-corrected chi connectivity index (χ3v) is 4.40. The van der Waals surface area contributed by atoms with Crippen molar-refractivity contribution in [2.75, 3.05) is 19.7 Å². The summed E-state index contributed by atoms with van der Waals surface area (Å²) in [5.74, 6) is -0.289. The fraction of sp³-hybridized carbons (Fsp3) is 0.611. The molecule has 0 aromatic heterocycles. The zero-order valence-corrected chi connectivity index (χ0v) is 16.7. The summed E-state index contributed by atoms with van der Waals surface area (Å²) >= 11 is 12.3. The zero-order valence-electron chi connectivity index (χ0n) is 15.2. The van der Waals surface area contributed by atoms with Crippen molar-refractivity contribution in [3.63, 3.8) is 0 Å². The number of likely N-dealkylation sites (tertiary alicyclic amines) is 1. The largest absolute Gasteiger partial charge is 0.493 e. The Kier molecular flexibility index (Phi) is 6.10. The SMILES string of the molecule is CCOc1c([C@@H](C)Cl)cc(Cl)c(F)c1C1CN(C(=O)OC(C)(C)C)C1. The minimum atomic E-state index is -0.568. The smallest absolute Gasteiger partial charge is 0.410 e. The van der Waals surface area contributed by atoms with E-state index in [4.69, 9.17) is 32.7 Å². The van der Waals surface area contributed by atoms with E-state index in [-0.39, 0.29) is 16.3 Å². The molecule has 0 unspecified atom stereocenters. The van der Waals surface area contributed by atoms with E-state index in [1.165, 1.54) is 11.0 Å². The first-order valence-corrected chi connectivity index (χ1v) is 9.13. The number of nitrogens with zero attached hydrogens (tertiary/aromatic N) is 1. The lowest BCUT2D eigenvalue weighted by Gasteiger charge is -2.40. The monoisotopic (exact) mass is 391 g/mol. The maximum absolute atomic E-state index is 14.7. The van der Waals surface area contributed by atoms with Crippen LogP contribution in [0, 0.1) is 5.82 Å². The number of carbonyl (C=O) groups excluding carboxylic acids is 1. The summed E-state index contributed by atoms with van der Waals surface area (Å²) in [6, 6.07) is 1.51. The van der Waals surface area contributed by atoms with Gasteiger partial charge in [0.15, 0.2) is 0 Å². The fourth-order valence-electron chi connectivity index (χ4n) is 2.75. The third-order valence-electron chi connectivity index (χ3n) is 3.89. The maximum Gasteiger partial charge on any atom is 0.410 e. The van der Waals surface area contributed by atoms with Gasteiger partial charge in [-0.15, -0.1) is 11.6 Å². The average Bonchev–Trinajstić information content (AvgIpc) is 2.41. The highest BCUT2D eigenvalue weighted by atomic mass is 35.5. The molecule has 0 aliphatic carbocycles. The van der Waals surface area contributed by atoms with E-state index in [0.717, 1.165) is 0 Å². The molecule has 1 aliphatic heterocycles. The van der Waals surface area contributed by atoms with Crippen molar-refractivity contribution in [3.8, 4) is 5.75 Å². The van der Waals surface area contributed by atoms with Crippen LogP contribution in [0.4, 0.5) is 9.18 Å². The minimum Gasteiger partial charge on any atom is -0.493 e. The Labute approximate surface area is 158 Å². The lowest BCUT2D eigenvalue weighted by molar-refractivity contribution is 0.00764. The molecule has 0 saturated carbocycles. The second-order valence-corrected chi connectivity index (χ2v) is 8.20. The van der Waals surface area contributed by atoms with Gasteiger partial charge < -0.3 is 14.4 Å². The highest BCUT2D eigenvalue weighted by Gasteiger charge is 2.39. The van der Waals surface area contributed by atoms with Gasteiger partial charge in [0.05, 0.1) is 17.0 Å². The fourth-order valence-corrected chi connectivity index (χ4v) is 3.13. The molecule has 1 amide bonds. The quantitative estimate of drug-likeness (QED) is 0.634. The van der Waals surface area contributed by atoms with Crippen LogP contribution in [0.5, 0.6) is 5.75 Å². The molecular weight excluding hydrogens is 368 g/mol. The first kappa shape index (κ1) is 20.1. The highest BCUT2D eigenvalue weighted by molar-refractivity contribution is 6.31. The number of carbonyl (C=O) groups is 1. The summed E-state index contributed by atoms with van der Waals surface area (Å²) in [6.45, 7) is 10.1. The zero-order chi connectivity index (χ0) is 18.9. The molecule has 1 fully saturated rings. The van der Waals surface area contributed by atoms with Crippen molar-refractivity contribution in [2.45, 2.75) is 51.5 Å². The summed E-state index contributed by atoms with van der Waals surface area (Å²) in [6.07, 6.45) is -0.407. The van der Waals surface area contributed by atoms with Gasteiger partial charge in [0.25, 0.3) is 0 Å². The average molecular weight is 392 g/mol. The van der Waals surface area contributed by atoms with Crippen LogP contribution in [0.2, 0.25) is 5.02 Å². The number of hydrogen-bond acceptors (Lipinski definition) is 3. The Morgan fingerprint density at radius 1 is 1.44 bits per heavy atom. The van der Waals surface area contributed by atoms with E-state index in [2.05, 4.69) is 0 Å². The van der Waals surface area contributed by atoms with Gasteiger partial charge >= 0.3 is 6.09 Å². The van der Waals surface area contributed by atoms with Crippen LogP contribution in [-0.2, 0) is 4.74 Å². The number of alkyl halides is 1. The second-order valence-electron chi connectivity index (χ2n) is 7.14. The molecule has 0 radical (unpaired) electrons. The Balaban J connectivity index is 2.27. The molecule has 4 nitrogen and oxygen atoms in total. The predicted octanol–water partition coefficient (Wildman–Crippen LogP) is 5.51. The van der Waals surface area contributed by atoms with Gasteiger partial charge in [0.2, 0.25) is 0 Å². The van der Waals surface area contributed by atoms with Crippen LogP contribution in [0.25, 0.3) is 0 Å². The van der Waals surface area contributed by atoms with Crippen molar-refractivity contribution in [2.24, 2.45) is 0 Å². The summed E-state index contributed by atoms with van der Waals surface area (Å²) < 4.78 is 25.7. The first-order chi connectivity index (χ1) is 11.5. The Hall–Kier alpha value is -1.20. The lowest BCUT2D eigenvalue weighted by atomic mass is 9.88. The maximum atomic E-state index is 14.7. The van der Waals surface area contributed by atoms with Crippen molar-refractivity contribution in [1.29, 1.82) is 0 Å². The van der Waals surface area contributed by atoms with E-state index in [9.17, 15) is 9.18 Å². The number of rotatable bonds is 4. The summed E-state index contributed by atoms with van der Waals surface area (Å²) in [5, 5.41) is -0.364. The number of hydrogen-bond donors (Lipinski definition) is 0.